The van der Waals surface area contributed by atoms with Gasteiger partial charge in [-0.1, -0.05) is 36.4 Å². The molecule has 0 radical (unpaired) electrons. The van der Waals surface area contributed by atoms with Crippen LogP contribution in [0.2, 0.25) is 0 Å². The Morgan fingerprint density at radius 1 is 1.14 bits per heavy atom. The molecule has 1 N–H and O–H groups in total. The molecule has 0 saturated heterocycles. The lowest BCUT2D eigenvalue weighted by Gasteiger charge is -2.23. The zero-order valence-electron chi connectivity index (χ0n) is 20.2. The standard InChI is InChI=1S/C28H26FN3O2S2/c1-18(22(16-33)25-12-13-26(36-25)24-17-35-19(2)31-24)30-28(21-10-7-11-23(29)27(21)34)32(3)15-14-20-8-5-4-6-9-20/h4-13,16-17,34H,14-15H2,1-3H3/b22-18+,30-28?. The van der Waals surface area contributed by atoms with E-state index in [1.807, 2.05) is 66.7 Å². The summed E-state index contributed by atoms with van der Waals surface area (Å²) < 4.78 is 14.3. The first-order valence-electron chi connectivity index (χ1n) is 11.4. The quantitative estimate of drug-likeness (QED) is 0.124. The molecule has 0 amide bonds. The number of phenolic OH excluding ortho intramolecular Hbond substituents is 1. The average Bonchev–Trinajstić information content (AvgIpc) is 3.53. The fourth-order valence-corrected chi connectivity index (χ4v) is 5.44. The minimum atomic E-state index is -0.727. The third kappa shape index (κ3) is 5.78. The number of hydrogen-bond donors (Lipinski definition) is 1. The van der Waals surface area contributed by atoms with Gasteiger partial charge in [0, 0.05) is 23.8 Å². The summed E-state index contributed by atoms with van der Waals surface area (Å²) in [6, 6.07) is 18.2. The molecule has 0 saturated carbocycles. The number of rotatable bonds is 8. The van der Waals surface area contributed by atoms with E-state index in [0.717, 1.165) is 38.7 Å². The predicted octanol–water partition coefficient (Wildman–Crippen LogP) is 6.58. The highest BCUT2D eigenvalue weighted by Crippen LogP contribution is 2.33. The molecule has 0 atom stereocenters. The number of aromatic hydroxyl groups is 1. The monoisotopic (exact) mass is 519 g/mol. The van der Waals surface area contributed by atoms with Gasteiger partial charge in [0.1, 0.15) is 5.84 Å². The first kappa shape index (κ1) is 25.5. The number of para-hydroxylation sites is 1. The summed E-state index contributed by atoms with van der Waals surface area (Å²) in [5.41, 5.74) is 3.20. The maximum atomic E-state index is 14.3. The normalized spacial score (nSPS) is 12.4. The van der Waals surface area contributed by atoms with Crippen molar-refractivity contribution in [3.05, 3.63) is 98.6 Å². The second kappa shape index (κ2) is 11.4. The molecule has 184 valence electrons. The van der Waals surface area contributed by atoms with Crippen molar-refractivity contribution in [1.82, 2.24) is 9.88 Å². The summed E-state index contributed by atoms with van der Waals surface area (Å²) in [7, 11) is 1.84. The third-order valence-corrected chi connectivity index (χ3v) is 7.61. The first-order valence-corrected chi connectivity index (χ1v) is 13.1. The molecular weight excluding hydrogens is 493 g/mol. The van der Waals surface area contributed by atoms with Crippen LogP contribution in [0.5, 0.6) is 5.75 Å². The predicted molar refractivity (Wildman–Crippen MR) is 146 cm³/mol. The van der Waals surface area contributed by atoms with E-state index in [1.165, 1.54) is 23.5 Å². The number of allylic oxidation sites excluding steroid dienone is 2. The third-order valence-electron chi connectivity index (χ3n) is 5.69. The van der Waals surface area contributed by atoms with Gasteiger partial charge in [0.2, 0.25) is 0 Å². The number of carbonyl (C=O) groups is 1. The van der Waals surface area contributed by atoms with Crippen molar-refractivity contribution < 1.29 is 14.3 Å². The van der Waals surface area contributed by atoms with Crippen LogP contribution in [0.1, 0.15) is 27.9 Å². The van der Waals surface area contributed by atoms with Crippen molar-refractivity contribution in [1.29, 1.82) is 0 Å². The topological polar surface area (TPSA) is 65.8 Å². The van der Waals surface area contributed by atoms with Crippen LogP contribution in [0.15, 0.2) is 76.7 Å². The van der Waals surface area contributed by atoms with Crippen LogP contribution < -0.4 is 0 Å². The van der Waals surface area contributed by atoms with E-state index < -0.39 is 11.6 Å². The Bertz CT molecular complexity index is 1420. The molecule has 2 heterocycles. The van der Waals surface area contributed by atoms with E-state index in [1.54, 1.807) is 24.3 Å². The fourth-order valence-electron chi connectivity index (χ4n) is 3.73. The highest BCUT2D eigenvalue weighted by Gasteiger charge is 2.18. The van der Waals surface area contributed by atoms with Crippen LogP contribution in [-0.4, -0.2) is 40.7 Å². The average molecular weight is 520 g/mol. The lowest BCUT2D eigenvalue weighted by molar-refractivity contribution is -0.103. The number of thiophene rings is 1. The van der Waals surface area contributed by atoms with Crippen molar-refractivity contribution in [2.45, 2.75) is 20.3 Å². The van der Waals surface area contributed by atoms with Gasteiger partial charge in [-0.05, 0) is 50.1 Å². The van der Waals surface area contributed by atoms with Crippen LogP contribution in [0.25, 0.3) is 16.1 Å². The van der Waals surface area contributed by atoms with Crippen LogP contribution >= 0.6 is 22.7 Å². The molecule has 0 fully saturated rings. The number of amidine groups is 1. The van der Waals surface area contributed by atoms with E-state index in [0.29, 0.717) is 23.7 Å². The SMILES string of the molecule is C/C(N=C(c1cccc(F)c1O)N(C)CCc1ccccc1)=C(/C=O)c1ccc(-c2csc(C)n2)s1. The van der Waals surface area contributed by atoms with Gasteiger partial charge in [0.15, 0.2) is 17.9 Å². The number of aromatic nitrogens is 1. The Labute approximate surface area is 217 Å². The summed E-state index contributed by atoms with van der Waals surface area (Å²) in [6.45, 7) is 4.28. The van der Waals surface area contributed by atoms with E-state index in [9.17, 15) is 14.3 Å². The van der Waals surface area contributed by atoms with Crippen LogP contribution in [-0.2, 0) is 11.2 Å². The molecule has 5 nitrogen and oxygen atoms in total. The number of aldehydes is 1. The number of nitrogens with zero attached hydrogens (tertiary/aromatic N) is 3. The van der Waals surface area contributed by atoms with E-state index >= 15 is 0 Å². The largest absolute Gasteiger partial charge is 0.504 e. The fraction of sp³-hybridized carbons (Fsp3) is 0.179. The maximum Gasteiger partial charge on any atom is 0.165 e. The van der Waals surface area contributed by atoms with Gasteiger partial charge in [-0.2, -0.15) is 0 Å². The highest BCUT2D eigenvalue weighted by molar-refractivity contribution is 7.17. The number of thiazole rings is 1. The van der Waals surface area contributed by atoms with Crippen molar-refractivity contribution in [2.24, 2.45) is 4.99 Å². The summed E-state index contributed by atoms with van der Waals surface area (Å²) in [5, 5.41) is 13.5. The van der Waals surface area contributed by atoms with Gasteiger partial charge >= 0.3 is 0 Å². The van der Waals surface area contributed by atoms with Gasteiger partial charge < -0.3 is 10.0 Å². The molecule has 0 aliphatic heterocycles. The first-order chi connectivity index (χ1) is 17.4. The smallest absolute Gasteiger partial charge is 0.165 e. The Balaban J connectivity index is 1.72. The number of hydrogen-bond acceptors (Lipinski definition) is 6. The second-order valence-electron chi connectivity index (χ2n) is 8.26. The van der Waals surface area contributed by atoms with Gasteiger partial charge in [-0.15, -0.1) is 22.7 Å². The van der Waals surface area contributed by atoms with Crippen LogP contribution in [0, 0.1) is 12.7 Å². The summed E-state index contributed by atoms with van der Waals surface area (Å²) >= 11 is 3.04. The molecule has 4 aromatic rings. The number of aryl methyl sites for hydroxylation is 1. The maximum absolute atomic E-state index is 14.3. The summed E-state index contributed by atoms with van der Waals surface area (Å²) in [6.07, 6.45) is 1.52. The second-order valence-corrected chi connectivity index (χ2v) is 10.4. The molecule has 4 rings (SSSR count). The van der Waals surface area contributed by atoms with Crippen molar-refractivity contribution >= 4 is 40.4 Å². The number of halogens is 1. The molecule has 2 aromatic heterocycles. The lowest BCUT2D eigenvalue weighted by Crippen LogP contribution is -2.30. The molecule has 0 aliphatic carbocycles. The molecule has 2 aromatic carbocycles. The number of benzene rings is 2. The number of carbonyl (C=O) groups excluding carboxylic acids is 1. The van der Waals surface area contributed by atoms with Gasteiger partial charge in [0.25, 0.3) is 0 Å². The van der Waals surface area contributed by atoms with Crippen molar-refractivity contribution in [3.8, 4) is 16.3 Å². The Kier molecular flexibility index (Phi) is 8.07. The minimum Gasteiger partial charge on any atom is -0.504 e. The van der Waals surface area contributed by atoms with Gasteiger partial charge in [-0.25, -0.2) is 14.4 Å². The molecule has 0 unspecified atom stereocenters. The number of likely N-dealkylation sites (N-methyl/N-ethyl adjacent to an activating group) is 1. The summed E-state index contributed by atoms with van der Waals surface area (Å²) in [5.74, 6) is -0.817. The zero-order chi connectivity index (χ0) is 25.7. The van der Waals surface area contributed by atoms with E-state index in [-0.39, 0.29) is 5.56 Å². The van der Waals surface area contributed by atoms with Crippen LogP contribution in [0.4, 0.5) is 4.39 Å². The Morgan fingerprint density at radius 3 is 2.61 bits per heavy atom. The van der Waals surface area contributed by atoms with Crippen molar-refractivity contribution in [2.75, 3.05) is 13.6 Å². The highest BCUT2D eigenvalue weighted by atomic mass is 32.1. The van der Waals surface area contributed by atoms with E-state index in [2.05, 4.69) is 4.98 Å². The number of aliphatic imine (C=N–C) groups is 1. The summed E-state index contributed by atoms with van der Waals surface area (Å²) in [4.78, 5) is 25.0. The van der Waals surface area contributed by atoms with Gasteiger partial charge in [0.05, 0.1) is 32.4 Å². The molecule has 0 aliphatic rings. The van der Waals surface area contributed by atoms with E-state index in [4.69, 9.17) is 4.99 Å². The minimum absolute atomic E-state index is 0.264. The molecule has 8 heteroatoms. The Hall–Kier alpha value is -3.62. The molecule has 36 heavy (non-hydrogen) atoms. The lowest BCUT2D eigenvalue weighted by atomic mass is 10.1. The Morgan fingerprint density at radius 2 is 1.92 bits per heavy atom. The van der Waals surface area contributed by atoms with Crippen LogP contribution in [0.3, 0.4) is 0 Å². The molecule has 0 spiro atoms. The van der Waals surface area contributed by atoms with Gasteiger partial charge in [-0.3, -0.25) is 4.79 Å². The molecular formula is C28H26FN3O2S2. The zero-order valence-corrected chi connectivity index (χ0v) is 21.9. The van der Waals surface area contributed by atoms with Crippen molar-refractivity contribution in [3.63, 3.8) is 0 Å². The number of phenols is 1. The molecule has 0 bridgehead atoms.